The summed E-state index contributed by atoms with van der Waals surface area (Å²) in [5, 5.41) is 15.1. The molecule has 0 fully saturated rings. The molecule has 0 radical (unpaired) electrons. The minimum absolute atomic E-state index is 0.247. The van der Waals surface area contributed by atoms with Crippen LogP contribution in [0.15, 0.2) is 41.0 Å². The van der Waals surface area contributed by atoms with Crippen LogP contribution in [0.4, 0.5) is 0 Å². The second kappa shape index (κ2) is 4.90. The third-order valence-electron chi connectivity index (χ3n) is 2.73. The second-order valence-corrected chi connectivity index (χ2v) is 4.39. The predicted molar refractivity (Wildman–Crippen MR) is 71.0 cm³/mol. The van der Waals surface area contributed by atoms with Crippen LogP contribution in [0.25, 0.3) is 11.0 Å². The third-order valence-corrected chi connectivity index (χ3v) is 3.02. The maximum atomic E-state index is 11.2. The SMILES string of the molecule is COc1ccc(Oc2cc3no[n+]([O-])c3cc2Cl)cc1. The zero-order valence-corrected chi connectivity index (χ0v) is 11.1. The summed E-state index contributed by atoms with van der Waals surface area (Å²) in [5.74, 6) is 1.70. The molecule has 0 aliphatic heterocycles. The molecule has 0 aliphatic rings. The zero-order valence-electron chi connectivity index (χ0n) is 10.4. The van der Waals surface area contributed by atoms with Crippen molar-refractivity contribution < 1.29 is 19.0 Å². The summed E-state index contributed by atoms with van der Waals surface area (Å²) >= 11 is 6.07. The van der Waals surface area contributed by atoms with Crippen LogP contribution >= 0.6 is 11.6 Å². The van der Waals surface area contributed by atoms with Crippen LogP contribution in [0.2, 0.25) is 5.02 Å². The molecule has 1 heterocycles. The molecule has 0 atom stereocenters. The molecule has 2 aromatic carbocycles. The van der Waals surface area contributed by atoms with E-state index < -0.39 is 0 Å². The number of hydrogen-bond acceptors (Lipinski definition) is 5. The summed E-state index contributed by atoms with van der Waals surface area (Å²) in [6.45, 7) is 0. The largest absolute Gasteiger partial charge is 0.497 e. The molecule has 0 bridgehead atoms. The lowest BCUT2D eigenvalue weighted by molar-refractivity contribution is -0.782. The van der Waals surface area contributed by atoms with Gasteiger partial charge in [-0.3, -0.25) is 4.63 Å². The maximum absolute atomic E-state index is 11.2. The summed E-state index contributed by atoms with van der Waals surface area (Å²) in [4.78, 5) is 0.290. The molecule has 0 amide bonds. The van der Waals surface area contributed by atoms with Crippen molar-refractivity contribution in [1.82, 2.24) is 5.16 Å². The third kappa shape index (κ3) is 2.21. The molecule has 20 heavy (non-hydrogen) atoms. The van der Waals surface area contributed by atoms with E-state index in [9.17, 15) is 5.21 Å². The number of halogens is 1. The topological polar surface area (TPSA) is 71.4 Å². The van der Waals surface area contributed by atoms with Gasteiger partial charge < -0.3 is 14.7 Å². The van der Waals surface area contributed by atoms with Crippen LogP contribution in [0.1, 0.15) is 0 Å². The van der Waals surface area contributed by atoms with Gasteiger partial charge in [0.25, 0.3) is 5.52 Å². The van der Waals surface area contributed by atoms with E-state index >= 15 is 0 Å². The van der Waals surface area contributed by atoms with Crippen molar-refractivity contribution in [2.24, 2.45) is 0 Å². The van der Waals surface area contributed by atoms with E-state index in [2.05, 4.69) is 9.79 Å². The molecule has 102 valence electrons. The number of nitrogens with zero attached hydrogens (tertiary/aromatic N) is 2. The Bertz CT molecular complexity index is 755. The minimum Gasteiger partial charge on any atom is -0.497 e. The molecule has 7 heteroatoms. The first-order valence-corrected chi connectivity index (χ1v) is 6.06. The summed E-state index contributed by atoms with van der Waals surface area (Å²) in [7, 11) is 1.59. The van der Waals surface area contributed by atoms with Crippen molar-refractivity contribution in [3.05, 3.63) is 46.6 Å². The van der Waals surface area contributed by atoms with Crippen molar-refractivity contribution in [2.45, 2.75) is 0 Å². The van der Waals surface area contributed by atoms with Gasteiger partial charge in [0, 0.05) is 17.3 Å². The van der Waals surface area contributed by atoms with Gasteiger partial charge in [-0.1, -0.05) is 11.6 Å². The Labute approximate surface area is 118 Å². The molecule has 0 saturated carbocycles. The Morgan fingerprint density at radius 2 is 1.90 bits per heavy atom. The van der Waals surface area contributed by atoms with Crippen molar-refractivity contribution in [3.8, 4) is 17.2 Å². The molecule has 3 rings (SSSR count). The van der Waals surface area contributed by atoms with E-state index in [4.69, 9.17) is 21.1 Å². The van der Waals surface area contributed by atoms with E-state index in [1.165, 1.54) is 6.07 Å². The Morgan fingerprint density at radius 1 is 1.20 bits per heavy atom. The fraction of sp³-hybridized carbons (Fsp3) is 0.0769. The van der Waals surface area contributed by atoms with Crippen molar-refractivity contribution >= 4 is 22.6 Å². The molecule has 0 unspecified atom stereocenters. The smallest absolute Gasteiger partial charge is 0.252 e. The lowest BCUT2D eigenvalue weighted by Crippen LogP contribution is -2.22. The highest BCUT2D eigenvalue weighted by Crippen LogP contribution is 2.32. The van der Waals surface area contributed by atoms with E-state index in [-0.39, 0.29) is 5.52 Å². The van der Waals surface area contributed by atoms with E-state index in [0.717, 1.165) is 5.75 Å². The summed E-state index contributed by atoms with van der Waals surface area (Å²) < 4.78 is 15.2. The Hall–Kier alpha value is -2.47. The van der Waals surface area contributed by atoms with E-state index in [1.807, 2.05) is 0 Å². The van der Waals surface area contributed by atoms with Gasteiger partial charge in [-0.2, -0.15) is 0 Å². The van der Waals surface area contributed by atoms with Gasteiger partial charge in [0.2, 0.25) is 5.52 Å². The monoisotopic (exact) mass is 292 g/mol. The van der Waals surface area contributed by atoms with Crippen LogP contribution < -0.4 is 14.4 Å². The van der Waals surface area contributed by atoms with Crippen LogP contribution in [0, 0.1) is 5.21 Å². The first-order chi connectivity index (χ1) is 9.67. The molecule has 6 nitrogen and oxygen atoms in total. The van der Waals surface area contributed by atoms with Crippen LogP contribution in [-0.4, -0.2) is 12.3 Å². The first kappa shape index (κ1) is 12.6. The number of fused-ring (bicyclic) bond motifs is 1. The lowest BCUT2D eigenvalue weighted by atomic mass is 10.3. The number of benzene rings is 2. The Balaban J connectivity index is 1.94. The van der Waals surface area contributed by atoms with Gasteiger partial charge in [-0.05, 0) is 29.2 Å². The quantitative estimate of drug-likeness (QED) is 0.694. The normalized spacial score (nSPS) is 10.7. The zero-order chi connectivity index (χ0) is 14.1. The molecule has 0 spiro atoms. The van der Waals surface area contributed by atoms with Gasteiger partial charge in [-0.25, -0.2) is 0 Å². The summed E-state index contributed by atoms with van der Waals surface area (Å²) in [5.41, 5.74) is 0.616. The van der Waals surface area contributed by atoms with Gasteiger partial charge in [0.15, 0.2) is 5.75 Å². The number of ether oxygens (including phenoxy) is 2. The van der Waals surface area contributed by atoms with E-state index in [0.29, 0.717) is 26.9 Å². The maximum Gasteiger partial charge on any atom is 0.252 e. The van der Waals surface area contributed by atoms with E-state index in [1.54, 1.807) is 37.4 Å². The summed E-state index contributed by atoms with van der Waals surface area (Å²) in [6.07, 6.45) is 0. The van der Waals surface area contributed by atoms with Crippen LogP contribution in [-0.2, 0) is 0 Å². The number of rotatable bonds is 3. The minimum atomic E-state index is 0.247. The van der Waals surface area contributed by atoms with Crippen molar-refractivity contribution in [3.63, 3.8) is 0 Å². The number of hydrogen-bond donors (Lipinski definition) is 0. The van der Waals surface area contributed by atoms with Gasteiger partial charge >= 0.3 is 0 Å². The standard InChI is InChI=1S/C13H9ClN2O4/c1-18-8-2-4-9(5-3-8)19-13-7-11-12(6-10(13)14)16(17)20-15-11/h2-7H,1H3. The first-order valence-electron chi connectivity index (χ1n) is 5.68. The highest BCUT2D eigenvalue weighted by molar-refractivity contribution is 6.32. The summed E-state index contributed by atoms with van der Waals surface area (Å²) in [6, 6.07) is 10.0. The van der Waals surface area contributed by atoms with Crippen LogP contribution in [0.5, 0.6) is 17.2 Å². The fourth-order valence-electron chi connectivity index (χ4n) is 1.73. The number of methoxy groups -OCH3 is 1. The highest BCUT2D eigenvalue weighted by Gasteiger charge is 2.15. The average molecular weight is 293 g/mol. The van der Waals surface area contributed by atoms with Gasteiger partial charge in [0.05, 0.1) is 12.1 Å². The molecule has 0 N–H and O–H groups in total. The number of aromatic nitrogens is 2. The Kier molecular flexibility index (Phi) is 3.08. The molecule has 0 saturated heterocycles. The molecule has 0 aliphatic carbocycles. The average Bonchev–Trinajstić information content (AvgIpc) is 2.81. The fourth-order valence-corrected chi connectivity index (χ4v) is 1.92. The van der Waals surface area contributed by atoms with Gasteiger partial charge in [0.1, 0.15) is 11.5 Å². The molecule has 3 aromatic rings. The molecule has 1 aromatic heterocycles. The van der Waals surface area contributed by atoms with Gasteiger partial charge in [-0.15, -0.1) is 0 Å². The molecular weight excluding hydrogens is 284 g/mol. The highest BCUT2D eigenvalue weighted by atomic mass is 35.5. The second-order valence-electron chi connectivity index (χ2n) is 3.98. The molecular formula is C13H9ClN2O4. The van der Waals surface area contributed by atoms with Crippen molar-refractivity contribution in [2.75, 3.05) is 7.11 Å². The predicted octanol–water partition coefficient (Wildman–Crippen LogP) is 2.92. The Morgan fingerprint density at radius 3 is 2.60 bits per heavy atom. The lowest BCUT2D eigenvalue weighted by Gasteiger charge is -2.07. The van der Waals surface area contributed by atoms with Crippen LogP contribution in [0.3, 0.4) is 0 Å². The van der Waals surface area contributed by atoms with Crippen molar-refractivity contribution in [1.29, 1.82) is 0 Å².